The Hall–Kier alpha value is -1.45. The Balaban J connectivity index is 3.47. The second-order valence-corrected chi connectivity index (χ2v) is 3.48. The number of benzene rings is 1. The molecule has 108 valence electrons. The minimum absolute atomic E-state index is 0.341. The fourth-order valence-electron chi connectivity index (χ4n) is 1.22. The highest BCUT2D eigenvalue weighted by atomic mass is 19.4. The lowest BCUT2D eigenvalue weighted by molar-refractivity contribution is -0.291. The average molecular weight is 297 g/mol. The highest BCUT2D eigenvalue weighted by molar-refractivity contribution is 5.27. The number of alkyl halides is 5. The first-order valence-corrected chi connectivity index (χ1v) is 4.44. The lowest BCUT2D eigenvalue weighted by Gasteiger charge is -2.26. The molecule has 1 aromatic rings. The van der Waals surface area contributed by atoms with E-state index in [1.54, 1.807) is 0 Å². The molecule has 1 aromatic carbocycles. The third kappa shape index (κ3) is 2.48. The summed E-state index contributed by atoms with van der Waals surface area (Å²) in [6.07, 6.45) is -6.24. The van der Waals surface area contributed by atoms with Gasteiger partial charge >= 0.3 is 12.1 Å². The smallest absolute Gasteiger partial charge is 0.319 e. The molecule has 1 atom stereocenters. The largest absolute Gasteiger partial charge is 0.455 e. The fourth-order valence-corrected chi connectivity index (χ4v) is 1.22. The minimum atomic E-state index is -6.24. The number of rotatable bonds is 2. The van der Waals surface area contributed by atoms with Crippen LogP contribution in [0.5, 0.6) is 0 Å². The van der Waals surface area contributed by atoms with Gasteiger partial charge in [-0.3, -0.25) is 0 Å². The highest BCUT2D eigenvalue weighted by Crippen LogP contribution is 2.44. The summed E-state index contributed by atoms with van der Waals surface area (Å²) in [4.78, 5) is 0. The van der Waals surface area contributed by atoms with Gasteiger partial charge in [-0.15, -0.1) is 0 Å². The molecule has 0 spiro atoms. The molecule has 0 radical (unpaired) electrons. The number of nitrogens with two attached hydrogens (primary N) is 1. The van der Waals surface area contributed by atoms with Crippen LogP contribution >= 0.6 is 0 Å². The molecule has 0 saturated heterocycles. The van der Waals surface area contributed by atoms with Crippen molar-refractivity contribution in [3.05, 3.63) is 34.9 Å². The number of hydrogen-bond acceptors (Lipinski definition) is 1. The molecule has 0 unspecified atom stereocenters. The third-order valence-corrected chi connectivity index (χ3v) is 2.23. The summed E-state index contributed by atoms with van der Waals surface area (Å²) in [6, 6.07) is -3.97. The topological polar surface area (TPSA) is 26.0 Å². The normalized spacial score (nSPS) is 14.6. The molecular weight excluding hydrogens is 293 g/mol. The Kier molecular flexibility index (Phi) is 3.76. The van der Waals surface area contributed by atoms with E-state index in [9.17, 15) is 39.5 Å². The Morgan fingerprint density at radius 2 is 1.21 bits per heavy atom. The van der Waals surface area contributed by atoms with Gasteiger partial charge < -0.3 is 5.73 Å². The highest BCUT2D eigenvalue weighted by Gasteiger charge is 2.62. The van der Waals surface area contributed by atoms with Crippen LogP contribution in [0.25, 0.3) is 0 Å². The van der Waals surface area contributed by atoms with Crippen molar-refractivity contribution in [2.75, 3.05) is 0 Å². The Bertz CT molecular complexity index is 467. The predicted molar refractivity (Wildman–Crippen MR) is 44.2 cm³/mol. The molecule has 0 fully saturated rings. The molecule has 1 rings (SSSR count). The lowest BCUT2D eigenvalue weighted by Crippen LogP contribution is -2.46. The first-order chi connectivity index (χ1) is 8.41. The van der Waals surface area contributed by atoms with Gasteiger partial charge in [-0.05, 0) is 0 Å². The van der Waals surface area contributed by atoms with Gasteiger partial charge in [-0.25, -0.2) is 17.6 Å². The molecule has 1 nitrogen and oxygen atoms in total. The summed E-state index contributed by atoms with van der Waals surface area (Å²) >= 11 is 0. The van der Waals surface area contributed by atoms with E-state index in [2.05, 4.69) is 5.73 Å². The average Bonchev–Trinajstić information content (AvgIpc) is 2.25. The standard InChI is InChI=1S/C9H4F9N/c10-2-1-3(11)6(13)4(5(2)12)7(19)8(14,15)9(16,17)18/h1,7H,19H2/t7-/m1/s1. The van der Waals surface area contributed by atoms with Crippen molar-refractivity contribution in [2.24, 2.45) is 5.73 Å². The molecule has 0 bridgehead atoms. The van der Waals surface area contributed by atoms with Gasteiger partial charge in [-0.2, -0.15) is 22.0 Å². The van der Waals surface area contributed by atoms with E-state index in [1.165, 1.54) is 0 Å². The third-order valence-electron chi connectivity index (χ3n) is 2.23. The van der Waals surface area contributed by atoms with Crippen LogP contribution in [0.1, 0.15) is 11.6 Å². The van der Waals surface area contributed by atoms with Crippen molar-refractivity contribution in [1.82, 2.24) is 0 Å². The molecule has 0 saturated carbocycles. The van der Waals surface area contributed by atoms with Crippen LogP contribution in [0.15, 0.2) is 6.07 Å². The van der Waals surface area contributed by atoms with E-state index in [4.69, 9.17) is 0 Å². The second kappa shape index (κ2) is 4.58. The first kappa shape index (κ1) is 15.6. The van der Waals surface area contributed by atoms with Crippen molar-refractivity contribution >= 4 is 0 Å². The van der Waals surface area contributed by atoms with Crippen LogP contribution in [0.4, 0.5) is 39.5 Å². The van der Waals surface area contributed by atoms with Crippen molar-refractivity contribution < 1.29 is 39.5 Å². The zero-order valence-corrected chi connectivity index (χ0v) is 8.63. The van der Waals surface area contributed by atoms with Crippen molar-refractivity contribution in [2.45, 2.75) is 18.1 Å². The van der Waals surface area contributed by atoms with Gasteiger partial charge in [0, 0.05) is 6.07 Å². The molecular formula is C9H4F9N. The van der Waals surface area contributed by atoms with Crippen LogP contribution in [-0.4, -0.2) is 12.1 Å². The van der Waals surface area contributed by atoms with Crippen LogP contribution in [-0.2, 0) is 0 Å². The van der Waals surface area contributed by atoms with Crippen LogP contribution in [0, 0.1) is 23.3 Å². The van der Waals surface area contributed by atoms with Gasteiger partial charge in [0.2, 0.25) is 0 Å². The monoisotopic (exact) mass is 297 g/mol. The molecule has 0 heterocycles. The van der Waals surface area contributed by atoms with Gasteiger partial charge in [0.15, 0.2) is 23.3 Å². The van der Waals surface area contributed by atoms with E-state index in [0.29, 0.717) is 0 Å². The molecule has 0 aromatic heterocycles. The summed E-state index contributed by atoms with van der Waals surface area (Å²) in [7, 11) is 0. The van der Waals surface area contributed by atoms with E-state index in [0.717, 1.165) is 0 Å². The molecule has 0 amide bonds. The molecule has 2 N–H and O–H groups in total. The van der Waals surface area contributed by atoms with E-state index in [1.807, 2.05) is 0 Å². The lowest BCUT2D eigenvalue weighted by atomic mass is 9.99. The summed E-state index contributed by atoms with van der Waals surface area (Å²) in [5, 5.41) is 0. The van der Waals surface area contributed by atoms with Gasteiger partial charge in [0.05, 0.1) is 5.56 Å². The van der Waals surface area contributed by atoms with E-state index in [-0.39, 0.29) is 6.07 Å². The van der Waals surface area contributed by atoms with Gasteiger partial charge in [-0.1, -0.05) is 0 Å². The summed E-state index contributed by atoms with van der Waals surface area (Å²) in [5.41, 5.74) is 2.21. The molecule has 0 aliphatic rings. The molecule has 0 aliphatic carbocycles. The molecule has 10 heteroatoms. The van der Waals surface area contributed by atoms with Crippen LogP contribution in [0.2, 0.25) is 0 Å². The summed E-state index contributed by atoms with van der Waals surface area (Å²) in [6.45, 7) is 0. The first-order valence-electron chi connectivity index (χ1n) is 4.44. The Morgan fingerprint density at radius 1 is 0.842 bits per heavy atom. The van der Waals surface area contributed by atoms with E-state index < -0.39 is 47.0 Å². The van der Waals surface area contributed by atoms with Crippen LogP contribution < -0.4 is 5.73 Å². The predicted octanol–water partition coefficient (Wildman–Crippen LogP) is 3.44. The zero-order valence-electron chi connectivity index (χ0n) is 8.63. The minimum Gasteiger partial charge on any atom is -0.319 e. The number of hydrogen-bond donors (Lipinski definition) is 1. The molecule has 0 aliphatic heterocycles. The maximum Gasteiger partial charge on any atom is 0.455 e. The van der Waals surface area contributed by atoms with Crippen molar-refractivity contribution in [1.29, 1.82) is 0 Å². The zero-order chi connectivity index (χ0) is 15.2. The maximum absolute atomic E-state index is 13.0. The molecule has 19 heavy (non-hydrogen) atoms. The second-order valence-electron chi connectivity index (χ2n) is 3.48. The SMILES string of the molecule is N[C@H](c1c(F)c(F)cc(F)c1F)C(F)(F)C(F)(F)F. The van der Waals surface area contributed by atoms with E-state index >= 15 is 0 Å². The number of halogens is 9. The summed E-state index contributed by atoms with van der Waals surface area (Å²) in [5.74, 6) is -14.9. The van der Waals surface area contributed by atoms with Crippen molar-refractivity contribution in [3.8, 4) is 0 Å². The van der Waals surface area contributed by atoms with Crippen LogP contribution in [0.3, 0.4) is 0 Å². The van der Waals surface area contributed by atoms with Gasteiger partial charge in [0.25, 0.3) is 0 Å². The fraction of sp³-hybridized carbons (Fsp3) is 0.333. The maximum atomic E-state index is 13.0. The Morgan fingerprint density at radius 3 is 1.53 bits per heavy atom. The summed E-state index contributed by atoms with van der Waals surface area (Å²) < 4.78 is 113. The quantitative estimate of drug-likeness (QED) is 0.657. The Labute approximate surface area is 99.4 Å². The van der Waals surface area contributed by atoms with Crippen molar-refractivity contribution in [3.63, 3.8) is 0 Å². The van der Waals surface area contributed by atoms with Gasteiger partial charge in [0.1, 0.15) is 6.04 Å².